The second-order valence-corrected chi connectivity index (χ2v) is 12.7. The number of amides is 4. The van der Waals surface area contributed by atoms with Crippen LogP contribution in [-0.4, -0.2) is 80.4 Å². The van der Waals surface area contributed by atoms with Gasteiger partial charge in [-0.05, 0) is 69.4 Å². The largest absolute Gasteiger partial charge is 0.444 e. The smallest absolute Gasteiger partial charge is 0.410 e. The predicted octanol–water partition coefficient (Wildman–Crippen LogP) is 3.29. The summed E-state index contributed by atoms with van der Waals surface area (Å²) in [4.78, 5) is 62.9. The molecule has 0 aromatic carbocycles. The zero-order valence-corrected chi connectivity index (χ0v) is 26.3. The van der Waals surface area contributed by atoms with Crippen molar-refractivity contribution in [2.45, 2.75) is 70.8 Å². The highest BCUT2D eigenvalue weighted by atomic mass is 35.5. The van der Waals surface area contributed by atoms with Crippen LogP contribution in [0.5, 0.6) is 0 Å². The van der Waals surface area contributed by atoms with Crippen LogP contribution in [0, 0.1) is 5.92 Å². The van der Waals surface area contributed by atoms with Crippen molar-refractivity contribution in [3.05, 3.63) is 52.4 Å². The van der Waals surface area contributed by atoms with E-state index in [2.05, 4.69) is 25.9 Å². The molecule has 0 radical (unpaired) electrons. The maximum Gasteiger partial charge on any atom is 0.410 e. The molecule has 3 heterocycles. The Balaban J connectivity index is 1.45. The third-order valence-electron chi connectivity index (χ3n) is 7.14. The summed E-state index contributed by atoms with van der Waals surface area (Å²) >= 11 is 11.2. The van der Waals surface area contributed by atoms with Gasteiger partial charge in [0, 0.05) is 45.0 Å². The number of halogens is 1. The normalized spacial score (nSPS) is 19.6. The SMILES string of the molecule is CN(C)C(=O)[C@H]1CC[C@H](NC(=S)C(=O)Nc2ccc(Cl)cn2)[C@H](NC(=O)c2cc3c(cn2)CN(C(=O)OC(C)(C)C)C3)C1. The average molecular weight is 630 g/mol. The molecule has 1 saturated carbocycles. The van der Waals surface area contributed by atoms with Crippen molar-refractivity contribution in [2.24, 2.45) is 5.92 Å². The molecule has 2 aliphatic rings. The summed E-state index contributed by atoms with van der Waals surface area (Å²) < 4.78 is 5.48. The maximum absolute atomic E-state index is 13.4. The number of rotatable bonds is 5. The molecule has 2 aromatic rings. The minimum absolute atomic E-state index is 0.0373. The Labute approximate surface area is 260 Å². The van der Waals surface area contributed by atoms with Crippen LogP contribution in [0.4, 0.5) is 10.6 Å². The average Bonchev–Trinajstić information content (AvgIpc) is 3.37. The lowest BCUT2D eigenvalue weighted by molar-refractivity contribution is -0.134. The van der Waals surface area contributed by atoms with Gasteiger partial charge in [-0.15, -0.1) is 0 Å². The van der Waals surface area contributed by atoms with Crippen LogP contribution >= 0.6 is 23.8 Å². The van der Waals surface area contributed by atoms with Crippen molar-refractivity contribution in [3.8, 4) is 0 Å². The molecule has 14 heteroatoms. The number of carbonyl (C=O) groups excluding carboxylic acids is 4. The Kier molecular flexibility index (Phi) is 9.86. The van der Waals surface area contributed by atoms with Crippen LogP contribution in [0.15, 0.2) is 30.6 Å². The first-order chi connectivity index (χ1) is 20.2. The highest BCUT2D eigenvalue weighted by molar-refractivity contribution is 7.82. The minimum Gasteiger partial charge on any atom is -0.444 e. The van der Waals surface area contributed by atoms with Gasteiger partial charge in [0.05, 0.1) is 17.6 Å². The van der Waals surface area contributed by atoms with E-state index in [9.17, 15) is 19.2 Å². The van der Waals surface area contributed by atoms with Gasteiger partial charge >= 0.3 is 6.09 Å². The summed E-state index contributed by atoms with van der Waals surface area (Å²) in [7, 11) is 3.39. The van der Waals surface area contributed by atoms with E-state index in [1.165, 1.54) is 11.1 Å². The Hall–Kier alpha value is -3.84. The first kappa shape index (κ1) is 32.1. The number of anilines is 1. The first-order valence-electron chi connectivity index (χ1n) is 13.9. The molecule has 0 bridgehead atoms. The second-order valence-electron chi connectivity index (χ2n) is 11.9. The van der Waals surface area contributed by atoms with Gasteiger partial charge in [0.2, 0.25) is 5.91 Å². The van der Waals surface area contributed by atoms with Gasteiger partial charge in [0.1, 0.15) is 17.1 Å². The number of nitrogens with one attached hydrogen (secondary N) is 3. The second kappa shape index (κ2) is 13.2. The van der Waals surface area contributed by atoms with Crippen molar-refractivity contribution in [2.75, 3.05) is 19.4 Å². The summed E-state index contributed by atoms with van der Waals surface area (Å²) in [5, 5.41) is 9.13. The Morgan fingerprint density at radius 2 is 1.74 bits per heavy atom. The summed E-state index contributed by atoms with van der Waals surface area (Å²) in [6.45, 7) is 6.05. The number of aromatic nitrogens is 2. The molecule has 1 fully saturated rings. The number of hydrogen-bond acceptors (Lipinski definition) is 8. The Morgan fingerprint density at radius 3 is 2.40 bits per heavy atom. The molecule has 0 saturated heterocycles. The van der Waals surface area contributed by atoms with Gasteiger partial charge in [-0.2, -0.15) is 0 Å². The molecule has 1 aliphatic carbocycles. The van der Waals surface area contributed by atoms with Crippen molar-refractivity contribution in [3.63, 3.8) is 0 Å². The quantitative estimate of drug-likeness (QED) is 0.424. The molecule has 0 unspecified atom stereocenters. The standard InChI is InChI=1S/C29H36ClN7O5S/c1-29(2,3)42-28(41)37-14-17-11-22(31-12-18(17)15-37)24(38)33-21-10-16(27(40)36(4)5)6-8-20(21)34-26(43)25(39)35-23-9-7-19(30)13-32-23/h7,9,11-13,16,20-21H,6,8,10,14-15H2,1-5H3,(H,33,38)(H,34,43)(H,32,35,39)/t16-,20-,21+/m0/s1. The Bertz CT molecular complexity index is 1410. The number of fused-ring (bicyclic) bond motifs is 1. The minimum atomic E-state index is -0.624. The Morgan fingerprint density at radius 1 is 1.02 bits per heavy atom. The summed E-state index contributed by atoms with van der Waals surface area (Å²) in [5.41, 5.74) is 1.20. The summed E-state index contributed by atoms with van der Waals surface area (Å²) in [5.74, 6) is -1.05. The lowest BCUT2D eigenvalue weighted by Crippen LogP contribution is -2.57. The highest BCUT2D eigenvalue weighted by Gasteiger charge is 2.37. The number of thiocarbonyl (C=S) groups is 1. The fraction of sp³-hybridized carbons (Fsp3) is 0.483. The maximum atomic E-state index is 13.4. The summed E-state index contributed by atoms with van der Waals surface area (Å²) in [6, 6.07) is 3.88. The van der Waals surface area contributed by atoms with Gasteiger partial charge in [-0.3, -0.25) is 24.3 Å². The summed E-state index contributed by atoms with van der Waals surface area (Å²) in [6.07, 6.45) is 3.96. The van der Waals surface area contributed by atoms with E-state index in [-0.39, 0.29) is 28.3 Å². The zero-order valence-electron chi connectivity index (χ0n) is 24.8. The van der Waals surface area contributed by atoms with Gasteiger partial charge in [0.25, 0.3) is 11.8 Å². The van der Waals surface area contributed by atoms with E-state index in [1.54, 1.807) is 64.2 Å². The molecule has 3 N–H and O–H groups in total. The van der Waals surface area contributed by atoms with Crippen LogP contribution < -0.4 is 16.0 Å². The number of ether oxygens (including phenoxy) is 1. The molecule has 2 aromatic heterocycles. The number of hydrogen-bond donors (Lipinski definition) is 3. The predicted molar refractivity (Wildman–Crippen MR) is 164 cm³/mol. The fourth-order valence-corrected chi connectivity index (χ4v) is 5.37. The van der Waals surface area contributed by atoms with Crippen LogP contribution in [0.1, 0.15) is 61.6 Å². The molecule has 4 amide bonds. The van der Waals surface area contributed by atoms with Crippen molar-refractivity contribution in [1.29, 1.82) is 0 Å². The molecule has 4 rings (SSSR count). The molecule has 43 heavy (non-hydrogen) atoms. The molecule has 0 spiro atoms. The van der Waals surface area contributed by atoms with Crippen molar-refractivity contribution < 1.29 is 23.9 Å². The lowest BCUT2D eigenvalue weighted by atomic mass is 9.81. The van der Waals surface area contributed by atoms with Crippen LogP contribution in [-0.2, 0) is 27.4 Å². The number of nitrogens with zero attached hydrogens (tertiary/aromatic N) is 4. The monoisotopic (exact) mass is 629 g/mol. The molecule has 230 valence electrons. The topological polar surface area (TPSA) is 146 Å². The molecule has 3 atom stereocenters. The third kappa shape index (κ3) is 8.38. The van der Waals surface area contributed by atoms with E-state index >= 15 is 0 Å². The van der Waals surface area contributed by atoms with E-state index in [0.29, 0.717) is 37.4 Å². The molecule has 1 aliphatic heterocycles. The van der Waals surface area contributed by atoms with Crippen molar-refractivity contribution >= 4 is 58.4 Å². The van der Waals surface area contributed by atoms with Gasteiger partial charge in [-0.1, -0.05) is 23.8 Å². The van der Waals surface area contributed by atoms with Crippen LogP contribution in [0.3, 0.4) is 0 Å². The van der Waals surface area contributed by atoms with Gasteiger partial charge in [0.15, 0.2) is 4.99 Å². The van der Waals surface area contributed by atoms with E-state index in [1.807, 2.05) is 0 Å². The van der Waals surface area contributed by atoms with Gasteiger partial charge < -0.3 is 25.6 Å². The third-order valence-corrected chi connectivity index (χ3v) is 7.66. The zero-order chi connectivity index (χ0) is 31.5. The van der Waals surface area contributed by atoms with Crippen LogP contribution in [0.25, 0.3) is 0 Å². The molecule has 12 nitrogen and oxygen atoms in total. The molecular weight excluding hydrogens is 594 g/mol. The first-order valence-corrected chi connectivity index (χ1v) is 14.7. The van der Waals surface area contributed by atoms with Gasteiger partial charge in [-0.25, -0.2) is 9.78 Å². The highest BCUT2D eigenvalue weighted by Crippen LogP contribution is 2.28. The van der Waals surface area contributed by atoms with E-state index in [4.69, 9.17) is 28.6 Å². The molecular formula is C29H36ClN7O5S. The van der Waals surface area contributed by atoms with E-state index < -0.39 is 35.6 Å². The fourth-order valence-electron chi connectivity index (χ4n) is 5.05. The number of pyridine rings is 2. The van der Waals surface area contributed by atoms with Crippen LogP contribution in [0.2, 0.25) is 5.02 Å². The number of carbonyl (C=O) groups is 4. The van der Waals surface area contributed by atoms with Crippen molar-refractivity contribution in [1.82, 2.24) is 30.4 Å². The lowest BCUT2D eigenvalue weighted by Gasteiger charge is -2.37. The van der Waals surface area contributed by atoms with E-state index in [0.717, 1.165) is 11.1 Å².